The molecule has 0 bridgehead atoms. The van der Waals surface area contributed by atoms with Gasteiger partial charge >= 0.3 is 0 Å². The number of carbonyl (C=O) groups excluding carboxylic acids is 3. The van der Waals surface area contributed by atoms with E-state index in [-0.39, 0.29) is 18.2 Å². The van der Waals surface area contributed by atoms with Crippen LogP contribution in [-0.2, 0) is 19.3 Å². The van der Waals surface area contributed by atoms with Crippen LogP contribution in [0.4, 0.5) is 21.5 Å². The number of rotatable bonds is 4. The van der Waals surface area contributed by atoms with Crippen LogP contribution in [0.2, 0.25) is 5.02 Å². The van der Waals surface area contributed by atoms with Gasteiger partial charge in [0.2, 0.25) is 16.7 Å². The summed E-state index contributed by atoms with van der Waals surface area (Å²) in [6, 6.07) is 17.7. The second-order valence-electron chi connectivity index (χ2n) is 8.11. The third-order valence-electron chi connectivity index (χ3n) is 5.81. The number of anilines is 3. The van der Waals surface area contributed by atoms with Gasteiger partial charge < -0.3 is 5.32 Å². The molecule has 3 amide bonds. The Morgan fingerprint density at radius 1 is 1.12 bits per heavy atom. The molecule has 34 heavy (non-hydrogen) atoms. The van der Waals surface area contributed by atoms with E-state index in [4.69, 9.17) is 11.6 Å². The first-order valence-corrected chi connectivity index (χ1v) is 11.9. The van der Waals surface area contributed by atoms with Crippen molar-refractivity contribution >= 4 is 58.1 Å². The highest BCUT2D eigenvalue weighted by Crippen LogP contribution is 2.55. The summed E-state index contributed by atoms with van der Waals surface area (Å²) in [6.45, 7) is 1.66. The van der Waals surface area contributed by atoms with E-state index in [1.807, 2.05) is 19.1 Å². The maximum Gasteiger partial charge on any atom is 0.269 e. The van der Waals surface area contributed by atoms with Crippen molar-refractivity contribution in [2.75, 3.05) is 27.4 Å². The molecule has 3 aromatic carbocycles. The SMILES string of the molecule is Cc1ccc2c(c1)[C@@]1(SCC(=O)N1c1ccc(F)cc1)C(=O)N2CC(=O)Nc1cccc(Cl)c1. The van der Waals surface area contributed by atoms with Crippen molar-refractivity contribution in [3.05, 3.63) is 88.7 Å². The maximum atomic E-state index is 14.0. The van der Waals surface area contributed by atoms with Crippen LogP contribution >= 0.6 is 23.4 Å². The first-order chi connectivity index (χ1) is 16.3. The summed E-state index contributed by atoms with van der Waals surface area (Å²) in [6.07, 6.45) is 0. The first-order valence-electron chi connectivity index (χ1n) is 10.5. The van der Waals surface area contributed by atoms with E-state index in [0.29, 0.717) is 27.6 Å². The molecule has 0 radical (unpaired) electrons. The topological polar surface area (TPSA) is 69.7 Å². The lowest BCUT2D eigenvalue weighted by Gasteiger charge is -2.33. The lowest BCUT2D eigenvalue weighted by atomic mass is 10.0. The highest BCUT2D eigenvalue weighted by atomic mass is 35.5. The summed E-state index contributed by atoms with van der Waals surface area (Å²) in [4.78, 5) is 41.3. The van der Waals surface area contributed by atoms with E-state index in [0.717, 1.165) is 5.56 Å². The Morgan fingerprint density at radius 2 is 1.88 bits per heavy atom. The van der Waals surface area contributed by atoms with Gasteiger partial charge in [0.15, 0.2) is 0 Å². The van der Waals surface area contributed by atoms with E-state index in [1.54, 1.807) is 30.3 Å². The number of thioether (sulfide) groups is 1. The average molecular weight is 496 g/mol. The van der Waals surface area contributed by atoms with Crippen molar-refractivity contribution in [1.29, 1.82) is 0 Å². The van der Waals surface area contributed by atoms with Crippen LogP contribution in [0.1, 0.15) is 11.1 Å². The van der Waals surface area contributed by atoms with Crippen LogP contribution in [-0.4, -0.2) is 30.0 Å². The van der Waals surface area contributed by atoms with Crippen LogP contribution in [0.25, 0.3) is 0 Å². The summed E-state index contributed by atoms with van der Waals surface area (Å²) >= 11 is 7.21. The fourth-order valence-corrected chi connectivity index (χ4v) is 5.91. The van der Waals surface area contributed by atoms with Crippen molar-refractivity contribution < 1.29 is 18.8 Å². The van der Waals surface area contributed by atoms with Gasteiger partial charge in [0.05, 0.1) is 11.4 Å². The van der Waals surface area contributed by atoms with Crippen molar-refractivity contribution in [3.8, 4) is 0 Å². The van der Waals surface area contributed by atoms with Gasteiger partial charge in [0.25, 0.3) is 5.91 Å². The minimum Gasteiger partial charge on any atom is -0.324 e. The standard InChI is InChI=1S/C25H19ClFN3O3S/c1-15-5-10-21-20(11-15)25(30(23(32)14-34-25)19-8-6-17(27)7-9-19)24(33)29(21)13-22(31)28-18-4-2-3-16(26)12-18/h2-12H,13-14H2,1H3,(H,28,31)/t25-/m1/s1. The van der Waals surface area contributed by atoms with Gasteiger partial charge in [-0.25, -0.2) is 4.39 Å². The molecular weight excluding hydrogens is 477 g/mol. The Morgan fingerprint density at radius 3 is 2.62 bits per heavy atom. The van der Waals surface area contributed by atoms with E-state index >= 15 is 0 Å². The van der Waals surface area contributed by atoms with Gasteiger partial charge in [-0.1, -0.05) is 35.4 Å². The molecule has 0 aliphatic carbocycles. The lowest BCUT2D eigenvalue weighted by molar-refractivity contribution is -0.124. The molecule has 1 N–H and O–H groups in total. The van der Waals surface area contributed by atoms with Crippen molar-refractivity contribution in [2.24, 2.45) is 0 Å². The molecule has 2 heterocycles. The molecule has 2 aliphatic heterocycles. The molecule has 3 aromatic rings. The number of carbonyl (C=O) groups is 3. The van der Waals surface area contributed by atoms with Crippen LogP contribution in [0.5, 0.6) is 0 Å². The predicted molar refractivity (Wildman–Crippen MR) is 132 cm³/mol. The minimum atomic E-state index is -1.37. The fourth-order valence-electron chi connectivity index (χ4n) is 4.37. The molecule has 6 nitrogen and oxygen atoms in total. The summed E-state index contributed by atoms with van der Waals surface area (Å²) in [5.41, 5.74) is 3.04. The molecule has 9 heteroatoms. The van der Waals surface area contributed by atoms with E-state index in [2.05, 4.69) is 5.32 Å². The molecule has 1 atom stereocenters. The lowest BCUT2D eigenvalue weighted by Crippen LogP contribution is -2.50. The zero-order chi connectivity index (χ0) is 24.0. The molecular formula is C25H19ClFN3O3S. The Kier molecular flexibility index (Phi) is 5.58. The van der Waals surface area contributed by atoms with Gasteiger partial charge in [-0.05, 0) is 55.5 Å². The smallest absolute Gasteiger partial charge is 0.269 e. The number of aryl methyl sites for hydroxylation is 1. The maximum absolute atomic E-state index is 14.0. The zero-order valence-electron chi connectivity index (χ0n) is 18.0. The summed E-state index contributed by atoms with van der Waals surface area (Å²) in [5.74, 6) is -1.41. The van der Waals surface area contributed by atoms with E-state index < -0.39 is 22.5 Å². The number of hydrogen-bond donors (Lipinski definition) is 1. The van der Waals surface area contributed by atoms with E-state index in [9.17, 15) is 18.8 Å². The van der Waals surface area contributed by atoms with Crippen LogP contribution in [0.15, 0.2) is 66.7 Å². The Bertz CT molecular complexity index is 1330. The summed E-state index contributed by atoms with van der Waals surface area (Å²) < 4.78 is 13.6. The van der Waals surface area contributed by atoms with Crippen molar-refractivity contribution in [2.45, 2.75) is 11.8 Å². The monoisotopic (exact) mass is 495 g/mol. The van der Waals surface area contributed by atoms with E-state index in [1.165, 1.54) is 45.8 Å². The number of hydrogen-bond acceptors (Lipinski definition) is 4. The van der Waals surface area contributed by atoms with Crippen molar-refractivity contribution in [3.63, 3.8) is 0 Å². The second kappa shape index (κ2) is 8.45. The molecule has 0 saturated carbocycles. The fraction of sp³-hybridized carbons (Fsp3) is 0.160. The summed E-state index contributed by atoms with van der Waals surface area (Å²) in [5, 5.41) is 3.24. The Labute approximate surface area is 204 Å². The molecule has 5 rings (SSSR count). The molecule has 1 spiro atoms. The van der Waals surface area contributed by atoms with Crippen LogP contribution in [0.3, 0.4) is 0 Å². The first kappa shape index (κ1) is 22.4. The number of halogens is 2. The van der Waals surface area contributed by atoms with Crippen LogP contribution in [0, 0.1) is 12.7 Å². The number of benzene rings is 3. The summed E-state index contributed by atoms with van der Waals surface area (Å²) in [7, 11) is 0. The quantitative estimate of drug-likeness (QED) is 0.569. The molecule has 172 valence electrons. The van der Waals surface area contributed by atoms with Gasteiger partial charge in [0.1, 0.15) is 12.4 Å². The average Bonchev–Trinajstić information content (AvgIpc) is 3.25. The Balaban J connectivity index is 1.54. The zero-order valence-corrected chi connectivity index (χ0v) is 19.6. The molecule has 1 saturated heterocycles. The largest absolute Gasteiger partial charge is 0.324 e. The van der Waals surface area contributed by atoms with Gasteiger partial charge in [-0.3, -0.25) is 24.2 Å². The Hall–Kier alpha value is -3.36. The number of nitrogens with zero attached hydrogens (tertiary/aromatic N) is 2. The minimum absolute atomic E-state index is 0.0824. The van der Waals surface area contributed by atoms with Crippen LogP contribution < -0.4 is 15.1 Å². The van der Waals surface area contributed by atoms with Gasteiger partial charge in [0, 0.05) is 22.0 Å². The van der Waals surface area contributed by atoms with Gasteiger partial charge in [-0.2, -0.15) is 0 Å². The highest BCUT2D eigenvalue weighted by Gasteiger charge is 2.61. The molecule has 0 aromatic heterocycles. The number of nitrogens with one attached hydrogen (secondary N) is 1. The second-order valence-corrected chi connectivity index (χ2v) is 9.71. The predicted octanol–water partition coefficient (Wildman–Crippen LogP) is 4.71. The molecule has 1 fully saturated rings. The third kappa shape index (κ3) is 3.63. The van der Waals surface area contributed by atoms with Gasteiger partial charge in [-0.15, -0.1) is 11.8 Å². The molecule has 2 aliphatic rings. The normalized spacial score (nSPS) is 19.1. The number of amides is 3. The number of fused-ring (bicyclic) bond motifs is 2. The highest BCUT2D eigenvalue weighted by molar-refractivity contribution is 8.02. The third-order valence-corrected chi connectivity index (χ3v) is 7.43. The molecule has 0 unspecified atom stereocenters. The van der Waals surface area contributed by atoms with Crippen molar-refractivity contribution in [1.82, 2.24) is 0 Å².